The first-order valence-electron chi connectivity index (χ1n) is 9.42. The largest absolute Gasteiger partial charge is 0.494 e. The lowest BCUT2D eigenvalue weighted by molar-refractivity contribution is -0.189. The van der Waals surface area contributed by atoms with Crippen LogP contribution in [0.4, 0.5) is 0 Å². The van der Waals surface area contributed by atoms with Crippen molar-refractivity contribution in [3.05, 3.63) is 64.7 Å². The van der Waals surface area contributed by atoms with Crippen molar-refractivity contribution in [2.45, 2.75) is 44.7 Å². The van der Waals surface area contributed by atoms with E-state index >= 15 is 0 Å². The molecule has 6 nitrogen and oxygen atoms in total. The van der Waals surface area contributed by atoms with E-state index in [2.05, 4.69) is 0 Å². The quantitative estimate of drug-likeness (QED) is 0.699. The summed E-state index contributed by atoms with van der Waals surface area (Å²) in [5, 5.41) is 29.5. The standard InChI is InChI=1S/C22H26O6/c1-3-27-17-8-5-14(6-9-17)10-16-11-15(7-4-13(16)2)22-21(26)20(25)19(24)18(12-23)28-22/h4-9,11,18-19,21-24,26H,3,10,12H2,1-2H3/t18-,19+,21?,22+/m1/s1. The highest BCUT2D eigenvalue weighted by atomic mass is 16.5. The van der Waals surface area contributed by atoms with Crippen LogP contribution in [0.3, 0.4) is 0 Å². The van der Waals surface area contributed by atoms with E-state index in [1.54, 1.807) is 6.07 Å². The molecule has 150 valence electrons. The summed E-state index contributed by atoms with van der Waals surface area (Å²) in [6.45, 7) is 4.06. The fourth-order valence-electron chi connectivity index (χ4n) is 3.40. The van der Waals surface area contributed by atoms with Crippen LogP contribution in [0.2, 0.25) is 0 Å². The minimum Gasteiger partial charge on any atom is -0.494 e. The zero-order chi connectivity index (χ0) is 20.3. The second-order valence-corrected chi connectivity index (χ2v) is 7.01. The van der Waals surface area contributed by atoms with Gasteiger partial charge in [0, 0.05) is 0 Å². The number of carbonyl (C=O) groups is 1. The van der Waals surface area contributed by atoms with Crippen molar-refractivity contribution in [1.82, 2.24) is 0 Å². The maximum absolute atomic E-state index is 12.1. The number of ketones is 1. The van der Waals surface area contributed by atoms with Gasteiger partial charge in [0.1, 0.15) is 30.2 Å². The van der Waals surface area contributed by atoms with Gasteiger partial charge in [0.2, 0.25) is 0 Å². The number of hydrogen-bond acceptors (Lipinski definition) is 6. The van der Waals surface area contributed by atoms with E-state index in [9.17, 15) is 20.1 Å². The Morgan fingerprint density at radius 3 is 2.43 bits per heavy atom. The predicted molar refractivity (Wildman–Crippen MR) is 103 cm³/mol. The first-order chi connectivity index (χ1) is 13.4. The maximum Gasteiger partial charge on any atom is 0.195 e. The molecule has 0 spiro atoms. The summed E-state index contributed by atoms with van der Waals surface area (Å²) >= 11 is 0. The van der Waals surface area contributed by atoms with Crippen molar-refractivity contribution in [3.8, 4) is 5.75 Å². The summed E-state index contributed by atoms with van der Waals surface area (Å²) in [5.74, 6) is 0.0894. The SMILES string of the molecule is CCOc1ccc(Cc2cc([C@@H]3O[C@H](CO)[C@H](O)C(=O)C3O)ccc2C)cc1. The van der Waals surface area contributed by atoms with Crippen LogP contribution in [0.1, 0.15) is 35.3 Å². The normalized spacial score (nSPS) is 25.0. The van der Waals surface area contributed by atoms with E-state index in [1.807, 2.05) is 50.2 Å². The van der Waals surface area contributed by atoms with Crippen molar-refractivity contribution >= 4 is 5.78 Å². The van der Waals surface area contributed by atoms with Gasteiger partial charge in [0.05, 0.1) is 13.2 Å². The Kier molecular flexibility index (Phi) is 6.46. The van der Waals surface area contributed by atoms with E-state index in [0.29, 0.717) is 18.6 Å². The van der Waals surface area contributed by atoms with E-state index in [1.165, 1.54) is 0 Å². The van der Waals surface area contributed by atoms with E-state index < -0.39 is 36.8 Å². The fourth-order valence-corrected chi connectivity index (χ4v) is 3.40. The molecule has 4 atom stereocenters. The van der Waals surface area contributed by atoms with Gasteiger partial charge in [-0.25, -0.2) is 0 Å². The molecule has 28 heavy (non-hydrogen) atoms. The monoisotopic (exact) mass is 386 g/mol. The van der Waals surface area contributed by atoms with Crippen LogP contribution in [0, 0.1) is 6.92 Å². The van der Waals surface area contributed by atoms with E-state index in [4.69, 9.17) is 9.47 Å². The van der Waals surface area contributed by atoms with Gasteiger partial charge in [-0.2, -0.15) is 0 Å². The van der Waals surface area contributed by atoms with Gasteiger partial charge in [-0.3, -0.25) is 4.79 Å². The summed E-state index contributed by atoms with van der Waals surface area (Å²) in [6.07, 6.45) is -4.29. The first-order valence-corrected chi connectivity index (χ1v) is 9.42. The third kappa shape index (κ3) is 4.25. The highest BCUT2D eigenvalue weighted by molar-refractivity contribution is 5.89. The first kappa shape index (κ1) is 20.5. The molecule has 2 aromatic rings. The van der Waals surface area contributed by atoms with Gasteiger partial charge in [-0.1, -0.05) is 30.3 Å². The van der Waals surface area contributed by atoms with Gasteiger partial charge in [-0.05, 0) is 54.7 Å². The highest BCUT2D eigenvalue weighted by Gasteiger charge is 2.43. The Morgan fingerprint density at radius 2 is 1.79 bits per heavy atom. The molecule has 1 aliphatic rings. The molecule has 0 aliphatic carbocycles. The molecule has 2 aromatic carbocycles. The molecule has 0 amide bonds. The van der Waals surface area contributed by atoms with Crippen LogP contribution >= 0.6 is 0 Å². The van der Waals surface area contributed by atoms with Crippen molar-refractivity contribution < 1.29 is 29.6 Å². The van der Waals surface area contributed by atoms with Gasteiger partial charge < -0.3 is 24.8 Å². The summed E-state index contributed by atoms with van der Waals surface area (Å²) < 4.78 is 11.1. The number of benzene rings is 2. The number of aliphatic hydroxyl groups is 3. The Balaban J connectivity index is 1.83. The van der Waals surface area contributed by atoms with Crippen molar-refractivity contribution in [2.75, 3.05) is 13.2 Å². The molecule has 1 heterocycles. The molecule has 1 fully saturated rings. The molecule has 3 rings (SSSR count). The number of ether oxygens (including phenoxy) is 2. The topological polar surface area (TPSA) is 96.2 Å². The zero-order valence-electron chi connectivity index (χ0n) is 16.0. The van der Waals surface area contributed by atoms with Gasteiger partial charge in [0.15, 0.2) is 5.78 Å². The molecule has 1 aliphatic heterocycles. The number of hydrogen-bond donors (Lipinski definition) is 3. The molecule has 0 aromatic heterocycles. The minimum atomic E-state index is -1.52. The number of Topliss-reactive ketones (excluding diaryl/α,β-unsaturated/α-hetero) is 1. The second kappa shape index (κ2) is 8.84. The summed E-state index contributed by atoms with van der Waals surface area (Å²) in [4.78, 5) is 12.1. The van der Waals surface area contributed by atoms with Crippen molar-refractivity contribution in [2.24, 2.45) is 0 Å². The van der Waals surface area contributed by atoms with Gasteiger partial charge in [0.25, 0.3) is 0 Å². The zero-order valence-corrected chi connectivity index (χ0v) is 16.0. The minimum absolute atomic E-state index is 0.499. The van der Waals surface area contributed by atoms with Crippen molar-refractivity contribution in [3.63, 3.8) is 0 Å². The average molecular weight is 386 g/mol. The number of carbonyl (C=O) groups excluding carboxylic acids is 1. The highest BCUT2D eigenvalue weighted by Crippen LogP contribution is 2.31. The number of aliphatic hydroxyl groups excluding tert-OH is 3. The Morgan fingerprint density at radius 1 is 1.07 bits per heavy atom. The molecule has 0 bridgehead atoms. The van der Waals surface area contributed by atoms with Gasteiger partial charge >= 0.3 is 0 Å². The third-order valence-electron chi connectivity index (χ3n) is 5.05. The Labute approximate surface area is 164 Å². The molecule has 1 unspecified atom stereocenters. The van der Waals surface area contributed by atoms with E-state index in [-0.39, 0.29) is 0 Å². The molecule has 6 heteroatoms. The lowest BCUT2D eigenvalue weighted by Gasteiger charge is -2.35. The third-order valence-corrected chi connectivity index (χ3v) is 5.05. The molecule has 1 saturated heterocycles. The molecule has 3 N–H and O–H groups in total. The van der Waals surface area contributed by atoms with Crippen LogP contribution < -0.4 is 4.74 Å². The average Bonchev–Trinajstić information content (AvgIpc) is 2.70. The van der Waals surface area contributed by atoms with Crippen LogP contribution in [0.25, 0.3) is 0 Å². The Bertz CT molecular complexity index is 816. The fraction of sp³-hybridized carbons (Fsp3) is 0.409. The summed E-state index contributed by atoms with van der Waals surface area (Å²) in [7, 11) is 0. The van der Waals surface area contributed by atoms with Crippen LogP contribution in [0.15, 0.2) is 42.5 Å². The number of rotatable bonds is 6. The van der Waals surface area contributed by atoms with Crippen LogP contribution in [0.5, 0.6) is 5.75 Å². The van der Waals surface area contributed by atoms with Gasteiger partial charge in [-0.15, -0.1) is 0 Å². The van der Waals surface area contributed by atoms with Crippen LogP contribution in [-0.4, -0.2) is 52.6 Å². The predicted octanol–water partition coefficient (Wildman–Crippen LogP) is 1.71. The Hall–Kier alpha value is -2.25. The van der Waals surface area contributed by atoms with Crippen molar-refractivity contribution in [1.29, 1.82) is 0 Å². The maximum atomic E-state index is 12.1. The molecule has 0 radical (unpaired) electrons. The number of aryl methyl sites for hydroxylation is 1. The lowest BCUT2D eigenvalue weighted by Crippen LogP contribution is -2.52. The molecular formula is C22H26O6. The smallest absolute Gasteiger partial charge is 0.195 e. The second-order valence-electron chi connectivity index (χ2n) is 7.01. The molecular weight excluding hydrogens is 360 g/mol. The van der Waals surface area contributed by atoms with Crippen LogP contribution in [-0.2, 0) is 16.0 Å². The summed E-state index contributed by atoms with van der Waals surface area (Å²) in [5.41, 5.74) is 3.86. The lowest BCUT2D eigenvalue weighted by atomic mass is 9.90. The molecule has 0 saturated carbocycles. The van der Waals surface area contributed by atoms with E-state index in [0.717, 1.165) is 22.4 Å². The summed E-state index contributed by atoms with van der Waals surface area (Å²) in [6, 6.07) is 13.5.